The van der Waals surface area contributed by atoms with Crippen LogP contribution in [0.4, 0.5) is 0 Å². The molecule has 3 N–H and O–H groups in total. The van der Waals surface area contributed by atoms with Crippen LogP contribution in [0.3, 0.4) is 0 Å². The Labute approximate surface area is 78.8 Å². The van der Waals surface area contributed by atoms with E-state index in [1.165, 1.54) is 0 Å². The van der Waals surface area contributed by atoms with E-state index in [1.807, 2.05) is 0 Å². The van der Waals surface area contributed by atoms with E-state index in [2.05, 4.69) is 19.2 Å². The minimum Gasteiger partial charge on any atom is -0.381 e. The number of carbonyl (C=O) groups excluding carboxylic acids is 1. The van der Waals surface area contributed by atoms with Crippen molar-refractivity contribution in [3.05, 3.63) is 0 Å². The van der Waals surface area contributed by atoms with Gasteiger partial charge < -0.3 is 15.8 Å². The van der Waals surface area contributed by atoms with E-state index in [0.29, 0.717) is 19.3 Å². The van der Waals surface area contributed by atoms with Crippen molar-refractivity contribution in [3.8, 4) is 0 Å². The van der Waals surface area contributed by atoms with Gasteiger partial charge in [0.1, 0.15) is 0 Å². The molecular weight excluding hydrogens is 168 g/mol. The molecule has 1 heterocycles. The van der Waals surface area contributed by atoms with Crippen LogP contribution in [-0.2, 0) is 9.53 Å². The Morgan fingerprint density at radius 3 is 2.85 bits per heavy atom. The molecule has 0 radical (unpaired) electrons. The maximum Gasteiger partial charge on any atom is 0.224 e. The molecular formula is C9H18N2O2. The predicted molar refractivity (Wildman–Crippen MR) is 50.2 cm³/mol. The minimum atomic E-state index is -0.266. The molecule has 0 aliphatic carbocycles. The van der Waals surface area contributed by atoms with Gasteiger partial charge in [0.25, 0.3) is 0 Å². The first-order chi connectivity index (χ1) is 6.11. The first-order valence-corrected chi connectivity index (χ1v) is 4.74. The minimum absolute atomic E-state index is 0.170. The average molecular weight is 186 g/mol. The van der Waals surface area contributed by atoms with E-state index < -0.39 is 0 Å². The van der Waals surface area contributed by atoms with Gasteiger partial charge in [0.15, 0.2) is 0 Å². The van der Waals surface area contributed by atoms with Crippen LogP contribution in [0.1, 0.15) is 20.3 Å². The third-order valence-corrected chi connectivity index (χ3v) is 2.27. The number of amides is 1. The van der Waals surface area contributed by atoms with Gasteiger partial charge in [-0.1, -0.05) is 13.8 Å². The van der Waals surface area contributed by atoms with E-state index in [1.54, 1.807) is 0 Å². The van der Waals surface area contributed by atoms with Gasteiger partial charge in [-0.05, 0) is 6.42 Å². The van der Waals surface area contributed by atoms with Crippen LogP contribution in [-0.4, -0.2) is 31.2 Å². The lowest BCUT2D eigenvalue weighted by molar-refractivity contribution is -0.127. The summed E-state index contributed by atoms with van der Waals surface area (Å²) >= 11 is 0. The Morgan fingerprint density at radius 2 is 2.31 bits per heavy atom. The molecule has 2 atom stereocenters. The van der Waals surface area contributed by atoms with Crippen molar-refractivity contribution >= 4 is 5.91 Å². The Balaban J connectivity index is 2.51. The molecule has 1 rings (SSSR count). The lowest BCUT2D eigenvalue weighted by atomic mass is 9.94. The van der Waals surface area contributed by atoms with E-state index in [-0.39, 0.29) is 17.9 Å². The Hall–Kier alpha value is -0.610. The normalized spacial score (nSPS) is 29.2. The molecule has 4 heteroatoms. The lowest BCUT2D eigenvalue weighted by Gasteiger charge is -2.31. The molecule has 0 aromatic heterocycles. The number of hydrogen-bond donors (Lipinski definition) is 2. The fourth-order valence-corrected chi connectivity index (χ4v) is 1.65. The number of primary amides is 1. The van der Waals surface area contributed by atoms with Crippen molar-refractivity contribution in [3.63, 3.8) is 0 Å². The van der Waals surface area contributed by atoms with Gasteiger partial charge in [0, 0.05) is 18.7 Å². The lowest BCUT2D eigenvalue weighted by Crippen LogP contribution is -2.50. The quantitative estimate of drug-likeness (QED) is 0.645. The average Bonchev–Trinajstić information content (AvgIpc) is 2.03. The van der Waals surface area contributed by atoms with Gasteiger partial charge in [0.2, 0.25) is 5.91 Å². The largest absolute Gasteiger partial charge is 0.381 e. The number of nitrogens with one attached hydrogen (secondary N) is 1. The van der Waals surface area contributed by atoms with Gasteiger partial charge in [-0.15, -0.1) is 0 Å². The maximum absolute atomic E-state index is 11.0. The first kappa shape index (κ1) is 10.5. The number of nitrogens with two attached hydrogens (primary N) is 1. The molecule has 0 saturated carbocycles. The Kier molecular flexibility index (Phi) is 3.69. The van der Waals surface area contributed by atoms with Gasteiger partial charge in [-0.25, -0.2) is 0 Å². The molecule has 2 unspecified atom stereocenters. The van der Waals surface area contributed by atoms with Crippen molar-refractivity contribution in [2.24, 2.45) is 11.7 Å². The molecule has 1 fully saturated rings. The zero-order chi connectivity index (χ0) is 9.84. The highest BCUT2D eigenvalue weighted by Gasteiger charge is 2.30. The van der Waals surface area contributed by atoms with Crippen molar-refractivity contribution < 1.29 is 9.53 Å². The van der Waals surface area contributed by atoms with E-state index in [4.69, 9.17) is 10.5 Å². The van der Waals surface area contributed by atoms with Crippen LogP contribution in [0.2, 0.25) is 0 Å². The summed E-state index contributed by atoms with van der Waals surface area (Å²) in [6.45, 7) is 5.30. The summed E-state index contributed by atoms with van der Waals surface area (Å²) in [6, 6.07) is 0.566. The number of hydrogen-bond acceptors (Lipinski definition) is 3. The summed E-state index contributed by atoms with van der Waals surface area (Å²) in [6.07, 6.45) is 0.867. The smallest absolute Gasteiger partial charge is 0.224 e. The van der Waals surface area contributed by atoms with Crippen LogP contribution < -0.4 is 11.1 Å². The zero-order valence-corrected chi connectivity index (χ0v) is 8.25. The van der Waals surface area contributed by atoms with Crippen LogP contribution in [0.5, 0.6) is 0 Å². The highest BCUT2D eigenvalue weighted by atomic mass is 16.5. The number of carbonyl (C=O) groups is 1. The molecule has 4 nitrogen and oxygen atoms in total. The zero-order valence-electron chi connectivity index (χ0n) is 8.25. The summed E-state index contributed by atoms with van der Waals surface area (Å²) in [7, 11) is 0. The van der Waals surface area contributed by atoms with Gasteiger partial charge >= 0.3 is 0 Å². The van der Waals surface area contributed by atoms with Crippen molar-refractivity contribution in [2.75, 3.05) is 13.2 Å². The summed E-state index contributed by atoms with van der Waals surface area (Å²) < 4.78 is 5.21. The predicted octanol–water partition coefficient (Wildman–Crippen LogP) is -0.125. The van der Waals surface area contributed by atoms with Gasteiger partial charge in [-0.2, -0.15) is 0 Å². The molecule has 0 bridgehead atoms. The van der Waals surface area contributed by atoms with Gasteiger partial charge in [-0.3, -0.25) is 4.79 Å². The molecule has 0 spiro atoms. The van der Waals surface area contributed by atoms with E-state index >= 15 is 0 Å². The highest BCUT2D eigenvalue weighted by Crippen LogP contribution is 2.14. The highest BCUT2D eigenvalue weighted by molar-refractivity contribution is 5.77. The fourth-order valence-electron chi connectivity index (χ4n) is 1.65. The first-order valence-electron chi connectivity index (χ1n) is 4.74. The Bertz CT molecular complexity index is 182. The molecule has 1 amide bonds. The summed E-state index contributed by atoms with van der Waals surface area (Å²) in [5, 5.41) is 3.33. The van der Waals surface area contributed by atoms with Crippen molar-refractivity contribution in [1.82, 2.24) is 5.32 Å². The van der Waals surface area contributed by atoms with Crippen molar-refractivity contribution in [2.45, 2.75) is 32.4 Å². The number of ether oxygens (including phenoxy) is 1. The van der Waals surface area contributed by atoms with E-state index in [9.17, 15) is 4.79 Å². The van der Waals surface area contributed by atoms with Crippen LogP contribution in [0.25, 0.3) is 0 Å². The monoisotopic (exact) mass is 186 g/mol. The Morgan fingerprint density at radius 1 is 1.62 bits per heavy atom. The summed E-state index contributed by atoms with van der Waals surface area (Å²) in [5.41, 5.74) is 5.27. The molecule has 0 aromatic carbocycles. The van der Waals surface area contributed by atoms with Crippen LogP contribution in [0, 0.1) is 5.92 Å². The van der Waals surface area contributed by atoms with Crippen LogP contribution in [0.15, 0.2) is 0 Å². The summed E-state index contributed by atoms with van der Waals surface area (Å²) in [5.74, 6) is -0.436. The third-order valence-electron chi connectivity index (χ3n) is 2.27. The molecule has 1 aliphatic heterocycles. The maximum atomic E-state index is 11.0. The SMILES string of the molecule is CC(C)NC1CCOCC1C(N)=O. The molecule has 1 aliphatic rings. The fraction of sp³-hybridized carbons (Fsp3) is 0.889. The molecule has 13 heavy (non-hydrogen) atoms. The van der Waals surface area contributed by atoms with Crippen molar-refractivity contribution in [1.29, 1.82) is 0 Å². The third kappa shape index (κ3) is 2.97. The molecule has 0 aromatic rings. The summed E-state index contributed by atoms with van der Waals surface area (Å²) in [4.78, 5) is 11.0. The second-order valence-electron chi connectivity index (χ2n) is 3.80. The van der Waals surface area contributed by atoms with Gasteiger partial charge in [0.05, 0.1) is 12.5 Å². The second-order valence-corrected chi connectivity index (χ2v) is 3.80. The number of rotatable bonds is 3. The second kappa shape index (κ2) is 4.58. The van der Waals surface area contributed by atoms with E-state index in [0.717, 1.165) is 6.42 Å². The molecule has 76 valence electrons. The standard InChI is InChI=1S/C9H18N2O2/c1-6(2)11-8-3-4-13-5-7(8)9(10)12/h6-8,11H,3-5H2,1-2H3,(H2,10,12). The van der Waals surface area contributed by atoms with Crippen LogP contribution >= 0.6 is 0 Å². The molecule has 1 saturated heterocycles. The topological polar surface area (TPSA) is 64.3 Å².